The Labute approximate surface area is 222 Å². The lowest BCUT2D eigenvalue weighted by Crippen LogP contribution is -2.23. The van der Waals surface area contributed by atoms with E-state index in [1.54, 1.807) is 0 Å². The van der Waals surface area contributed by atoms with Gasteiger partial charge in [-0.1, -0.05) is 105 Å². The van der Waals surface area contributed by atoms with Crippen molar-refractivity contribution in [2.75, 3.05) is 0 Å². The van der Waals surface area contributed by atoms with Gasteiger partial charge in [-0.05, 0) is 77.9 Å². The predicted octanol–water partition coefficient (Wildman–Crippen LogP) is 10.1. The molecule has 2 heteroatoms. The molecule has 0 aliphatic heterocycles. The molecule has 4 aromatic carbocycles. The molecular weight excluding hydrogens is 452 g/mol. The molecule has 0 saturated heterocycles. The standard InChI is InChI=1S/C35H40O2/c1-24(2)22-33(25(3)4)26-18-20-30(21-19-26)37-35(36-29-14-6-5-7-15-29)34-31-16-10-8-12-27(31)23-28-13-9-11-17-32(28)34/h8-13,16-23,25,29,33,35H,5-7,14-15H2,1-4H3. The van der Waals surface area contributed by atoms with E-state index in [1.165, 1.54) is 51.9 Å². The van der Waals surface area contributed by atoms with Crippen LogP contribution in [0, 0.1) is 5.92 Å². The van der Waals surface area contributed by atoms with Crippen LogP contribution in [0.5, 0.6) is 5.75 Å². The monoisotopic (exact) mass is 492 g/mol. The van der Waals surface area contributed by atoms with Gasteiger partial charge in [0.15, 0.2) is 0 Å². The van der Waals surface area contributed by atoms with Gasteiger partial charge in [-0.3, -0.25) is 0 Å². The first-order valence-corrected chi connectivity index (χ1v) is 14.0. The minimum absolute atomic E-state index is 0.221. The Bertz CT molecular complexity index is 1300. The fraction of sp³-hybridized carbons (Fsp3) is 0.371. The van der Waals surface area contributed by atoms with Crippen LogP contribution in [0.1, 0.15) is 83.1 Å². The third-order valence-corrected chi connectivity index (χ3v) is 7.66. The van der Waals surface area contributed by atoms with Gasteiger partial charge >= 0.3 is 0 Å². The van der Waals surface area contributed by atoms with E-state index >= 15 is 0 Å². The highest BCUT2D eigenvalue weighted by atomic mass is 16.7. The minimum atomic E-state index is -0.469. The Hall–Kier alpha value is -3.10. The highest BCUT2D eigenvalue weighted by Gasteiger charge is 2.26. The molecule has 1 saturated carbocycles. The summed E-state index contributed by atoms with van der Waals surface area (Å²) in [5, 5.41) is 4.83. The largest absolute Gasteiger partial charge is 0.461 e. The maximum Gasteiger partial charge on any atom is 0.228 e. The quantitative estimate of drug-likeness (QED) is 0.138. The van der Waals surface area contributed by atoms with Gasteiger partial charge in [0.2, 0.25) is 6.29 Å². The Morgan fingerprint density at radius 2 is 1.38 bits per heavy atom. The molecule has 0 heterocycles. The van der Waals surface area contributed by atoms with Crippen LogP contribution in [-0.4, -0.2) is 6.10 Å². The first-order valence-electron chi connectivity index (χ1n) is 14.0. The van der Waals surface area contributed by atoms with Crippen molar-refractivity contribution in [2.24, 2.45) is 5.92 Å². The number of fused-ring (bicyclic) bond motifs is 2. The fourth-order valence-electron chi connectivity index (χ4n) is 5.76. The zero-order chi connectivity index (χ0) is 25.8. The number of ether oxygens (including phenoxy) is 2. The molecule has 2 atom stereocenters. The molecular formula is C35H40O2. The Morgan fingerprint density at radius 3 is 1.95 bits per heavy atom. The van der Waals surface area contributed by atoms with Crippen molar-refractivity contribution in [3.05, 3.63) is 102 Å². The minimum Gasteiger partial charge on any atom is -0.461 e. The molecule has 5 rings (SSSR count). The summed E-state index contributed by atoms with van der Waals surface area (Å²) in [4.78, 5) is 0. The first kappa shape index (κ1) is 25.5. The van der Waals surface area contributed by atoms with Crippen molar-refractivity contribution < 1.29 is 9.47 Å². The Morgan fingerprint density at radius 1 is 0.784 bits per heavy atom. The topological polar surface area (TPSA) is 18.5 Å². The van der Waals surface area contributed by atoms with Gasteiger partial charge < -0.3 is 9.47 Å². The third-order valence-electron chi connectivity index (χ3n) is 7.66. The van der Waals surface area contributed by atoms with Crippen LogP contribution in [0.15, 0.2) is 90.5 Å². The van der Waals surface area contributed by atoms with Gasteiger partial charge in [-0.25, -0.2) is 0 Å². The van der Waals surface area contributed by atoms with Crippen LogP contribution in [0.4, 0.5) is 0 Å². The Balaban J connectivity index is 1.55. The zero-order valence-electron chi connectivity index (χ0n) is 22.7. The molecule has 37 heavy (non-hydrogen) atoms. The molecule has 0 bridgehead atoms. The van der Waals surface area contributed by atoms with Crippen LogP contribution in [0.25, 0.3) is 21.5 Å². The highest BCUT2D eigenvalue weighted by molar-refractivity contribution is 6.02. The molecule has 1 aliphatic carbocycles. The molecule has 0 aromatic heterocycles. The lowest BCUT2D eigenvalue weighted by atomic mass is 9.87. The molecule has 4 aromatic rings. The molecule has 192 valence electrons. The van der Waals surface area contributed by atoms with Crippen molar-refractivity contribution in [1.82, 2.24) is 0 Å². The van der Waals surface area contributed by atoms with Gasteiger partial charge in [0.05, 0.1) is 6.10 Å². The second kappa shape index (κ2) is 11.5. The van der Waals surface area contributed by atoms with Crippen LogP contribution in [-0.2, 0) is 4.74 Å². The summed E-state index contributed by atoms with van der Waals surface area (Å²) >= 11 is 0. The van der Waals surface area contributed by atoms with Gasteiger partial charge in [0, 0.05) is 11.5 Å². The van der Waals surface area contributed by atoms with Crippen molar-refractivity contribution in [1.29, 1.82) is 0 Å². The van der Waals surface area contributed by atoms with Crippen LogP contribution >= 0.6 is 0 Å². The number of allylic oxidation sites excluding steroid dienone is 2. The smallest absolute Gasteiger partial charge is 0.228 e. The normalized spacial score (nSPS) is 16.1. The fourth-order valence-corrected chi connectivity index (χ4v) is 5.76. The van der Waals surface area contributed by atoms with E-state index in [9.17, 15) is 0 Å². The van der Waals surface area contributed by atoms with Gasteiger partial charge in [0.25, 0.3) is 0 Å². The second-order valence-electron chi connectivity index (χ2n) is 11.2. The van der Waals surface area contributed by atoms with E-state index in [-0.39, 0.29) is 6.10 Å². The number of benzene rings is 4. The molecule has 2 nitrogen and oxygen atoms in total. The van der Waals surface area contributed by atoms with Crippen molar-refractivity contribution in [3.8, 4) is 5.75 Å². The van der Waals surface area contributed by atoms with Gasteiger partial charge in [-0.2, -0.15) is 0 Å². The summed E-state index contributed by atoms with van der Waals surface area (Å²) in [5.41, 5.74) is 3.81. The van der Waals surface area contributed by atoms with E-state index in [0.717, 1.165) is 24.2 Å². The molecule has 0 radical (unpaired) electrons. The SMILES string of the molecule is CC(C)=CC(c1ccc(OC(OC2CCCCC2)c2c3ccccc3cc3ccccc23)cc1)C(C)C. The van der Waals surface area contributed by atoms with E-state index in [2.05, 4.69) is 113 Å². The van der Waals surface area contributed by atoms with Crippen LogP contribution in [0.3, 0.4) is 0 Å². The van der Waals surface area contributed by atoms with E-state index in [0.29, 0.717) is 11.8 Å². The van der Waals surface area contributed by atoms with Crippen LogP contribution in [0.2, 0.25) is 0 Å². The predicted molar refractivity (Wildman–Crippen MR) is 156 cm³/mol. The highest BCUT2D eigenvalue weighted by Crippen LogP contribution is 2.38. The van der Waals surface area contributed by atoms with Crippen molar-refractivity contribution in [3.63, 3.8) is 0 Å². The molecule has 1 fully saturated rings. The summed E-state index contributed by atoms with van der Waals surface area (Å²) in [5.74, 6) is 1.78. The van der Waals surface area contributed by atoms with Crippen molar-refractivity contribution in [2.45, 2.75) is 78.1 Å². The first-order chi connectivity index (χ1) is 18.0. The number of hydrogen-bond acceptors (Lipinski definition) is 2. The van der Waals surface area contributed by atoms with Crippen LogP contribution < -0.4 is 4.74 Å². The second-order valence-corrected chi connectivity index (χ2v) is 11.2. The molecule has 0 amide bonds. The summed E-state index contributed by atoms with van der Waals surface area (Å²) in [6.07, 6.45) is 8.07. The summed E-state index contributed by atoms with van der Waals surface area (Å²) < 4.78 is 13.6. The maximum atomic E-state index is 6.83. The molecule has 2 unspecified atom stereocenters. The number of rotatable bonds is 8. The Kier molecular flexibility index (Phi) is 7.96. The number of hydrogen-bond donors (Lipinski definition) is 0. The molecule has 0 spiro atoms. The lowest BCUT2D eigenvalue weighted by Gasteiger charge is -2.30. The zero-order valence-corrected chi connectivity index (χ0v) is 22.7. The lowest BCUT2D eigenvalue weighted by molar-refractivity contribution is -0.130. The summed E-state index contributed by atoms with van der Waals surface area (Å²) in [6.45, 7) is 8.92. The average molecular weight is 493 g/mol. The van der Waals surface area contributed by atoms with Gasteiger partial charge in [-0.15, -0.1) is 0 Å². The molecule has 1 aliphatic rings. The molecule has 0 N–H and O–H groups in total. The maximum absolute atomic E-state index is 6.83. The van der Waals surface area contributed by atoms with Gasteiger partial charge in [0.1, 0.15) is 5.75 Å². The van der Waals surface area contributed by atoms with Crippen molar-refractivity contribution >= 4 is 21.5 Å². The average Bonchev–Trinajstić information content (AvgIpc) is 2.91. The summed E-state index contributed by atoms with van der Waals surface area (Å²) in [6, 6.07) is 28.2. The summed E-state index contributed by atoms with van der Waals surface area (Å²) in [7, 11) is 0. The van der Waals surface area contributed by atoms with E-state index < -0.39 is 6.29 Å². The van der Waals surface area contributed by atoms with E-state index in [1.807, 2.05) is 0 Å². The third kappa shape index (κ3) is 5.91. The van der Waals surface area contributed by atoms with E-state index in [4.69, 9.17) is 9.47 Å².